The van der Waals surface area contributed by atoms with E-state index in [0.29, 0.717) is 12.3 Å². The third-order valence-electron chi connectivity index (χ3n) is 9.03. The molecule has 0 aliphatic carbocycles. The summed E-state index contributed by atoms with van der Waals surface area (Å²) in [5.41, 5.74) is 2.70. The maximum Gasteiger partial charge on any atom is 0.343 e. The third kappa shape index (κ3) is 7.29. The fraction of sp³-hybridized carbons (Fsp3) is 0.297. The van der Waals surface area contributed by atoms with Crippen molar-refractivity contribution in [3.05, 3.63) is 108 Å². The van der Waals surface area contributed by atoms with E-state index in [9.17, 15) is 19.2 Å². The van der Waals surface area contributed by atoms with Crippen molar-refractivity contribution >= 4 is 34.6 Å². The van der Waals surface area contributed by atoms with Crippen molar-refractivity contribution in [2.45, 2.75) is 31.7 Å². The van der Waals surface area contributed by atoms with E-state index >= 15 is 0 Å². The van der Waals surface area contributed by atoms with Crippen LogP contribution in [0.25, 0.3) is 10.8 Å². The molecule has 4 aromatic carbocycles. The molecule has 0 radical (unpaired) electrons. The van der Waals surface area contributed by atoms with Gasteiger partial charge in [-0.1, -0.05) is 66.7 Å². The number of ether oxygens (including phenoxy) is 3. The van der Waals surface area contributed by atoms with E-state index < -0.39 is 18.2 Å². The van der Waals surface area contributed by atoms with Gasteiger partial charge in [0.25, 0.3) is 0 Å². The number of methoxy groups -OCH3 is 2. The summed E-state index contributed by atoms with van der Waals surface area (Å²) in [4.78, 5) is 56.3. The minimum atomic E-state index is -0.802. The minimum absolute atomic E-state index is 0.0523. The van der Waals surface area contributed by atoms with Gasteiger partial charge in [-0.3, -0.25) is 14.6 Å². The number of nitrogens with one attached hydrogen (secondary N) is 1. The van der Waals surface area contributed by atoms with Crippen molar-refractivity contribution < 1.29 is 33.4 Å². The summed E-state index contributed by atoms with van der Waals surface area (Å²) in [6.45, 7) is 0.582. The highest BCUT2D eigenvalue weighted by Gasteiger charge is 2.51. The number of fused-ring (bicyclic) bond motifs is 2. The number of carbonyl (C=O) groups excluding carboxylic acids is 4. The van der Waals surface area contributed by atoms with Crippen molar-refractivity contribution in [1.82, 2.24) is 25.1 Å². The molecule has 4 aromatic rings. The number of hydrogen-bond acceptors (Lipinski definition) is 8. The first-order valence-corrected chi connectivity index (χ1v) is 16.0. The Bertz CT molecular complexity index is 1830. The molecule has 2 aliphatic heterocycles. The summed E-state index contributed by atoms with van der Waals surface area (Å²) in [5.74, 6) is 0.300. The van der Waals surface area contributed by atoms with Crippen LogP contribution in [0.4, 0.5) is 4.79 Å². The van der Waals surface area contributed by atoms with Crippen molar-refractivity contribution in [2.75, 3.05) is 41.0 Å². The second kappa shape index (κ2) is 14.7. The van der Waals surface area contributed by atoms with Crippen LogP contribution >= 0.6 is 0 Å². The van der Waals surface area contributed by atoms with Gasteiger partial charge in [-0.05, 0) is 51.7 Å². The Morgan fingerprint density at radius 3 is 2.31 bits per heavy atom. The first kappa shape index (κ1) is 33.3. The second-order valence-corrected chi connectivity index (χ2v) is 12.0. The zero-order valence-corrected chi connectivity index (χ0v) is 27.7. The number of piperazine rings is 1. The fourth-order valence-corrected chi connectivity index (χ4v) is 6.38. The fourth-order valence-electron chi connectivity index (χ4n) is 6.38. The van der Waals surface area contributed by atoms with E-state index in [4.69, 9.17) is 9.47 Å². The van der Waals surface area contributed by atoms with Crippen LogP contribution in [0.2, 0.25) is 0 Å². The summed E-state index contributed by atoms with van der Waals surface area (Å²) in [6, 6.07) is 27.4. The predicted molar refractivity (Wildman–Crippen MR) is 181 cm³/mol. The lowest BCUT2D eigenvalue weighted by atomic mass is 9.99. The monoisotopic (exact) mass is 665 g/mol. The quantitative estimate of drug-likeness (QED) is 0.242. The molecule has 2 heterocycles. The highest BCUT2D eigenvalue weighted by Crippen LogP contribution is 2.31. The molecule has 4 amide bonds. The third-order valence-corrected chi connectivity index (χ3v) is 9.03. The summed E-state index contributed by atoms with van der Waals surface area (Å²) in [7, 11) is 4.52. The Morgan fingerprint density at radius 2 is 1.57 bits per heavy atom. The Morgan fingerprint density at radius 1 is 0.878 bits per heavy atom. The van der Waals surface area contributed by atoms with Gasteiger partial charge < -0.3 is 29.3 Å². The van der Waals surface area contributed by atoms with Gasteiger partial charge in [0.15, 0.2) is 6.61 Å². The molecule has 12 heteroatoms. The summed E-state index contributed by atoms with van der Waals surface area (Å²) in [6.07, 6.45) is -0.310. The average Bonchev–Trinajstić information content (AvgIpc) is 3.46. The molecule has 2 atom stereocenters. The van der Waals surface area contributed by atoms with Crippen LogP contribution in [0.3, 0.4) is 0 Å². The van der Waals surface area contributed by atoms with E-state index in [1.807, 2.05) is 78.9 Å². The number of hydrazine groups is 1. The smallest absolute Gasteiger partial charge is 0.343 e. The highest BCUT2D eigenvalue weighted by molar-refractivity contribution is 5.92. The van der Waals surface area contributed by atoms with Gasteiger partial charge in [-0.2, -0.15) is 5.01 Å². The maximum atomic E-state index is 14.3. The average molecular weight is 666 g/mol. The van der Waals surface area contributed by atoms with E-state index in [2.05, 4.69) is 10.1 Å². The van der Waals surface area contributed by atoms with Gasteiger partial charge in [-0.15, -0.1) is 0 Å². The highest BCUT2D eigenvalue weighted by atomic mass is 16.6. The van der Waals surface area contributed by atoms with E-state index in [-0.39, 0.29) is 50.5 Å². The zero-order valence-electron chi connectivity index (χ0n) is 27.7. The van der Waals surface area contributed by atoms with Gasteiger partial charge >= 0.3 is 12.0 Å². The lowest BCUT2D eigenvalue weighted by Crippen LogP contribution is -2.65. The Labute approximate surface area is 284 Å². The SMILES string of the molecule is COC(=O)COc1ccc(C[C@H]2C(=O)N(Cc3cccc4ccccc34)C[C@H]3N2C(=O)CN3N(C)C(=O)NCc2ccc(OC)cc2)cc1. The molecule has 12 nitrogen and oxygen atoms in total. The van der Waals surface area contributed by atoms with Crippen LogP contribution in [0.15, 0.2) is 91.0 Å². The van der Waals surface area contributed by atoms with E-state index in [1.165, 1.54) is 12.1 Å². The predicted octanol–water partition coefficient (Wildman–Crippen LogP) is 3.58. The van der Waals surface area contributed by atoms with Gasteiger partial charge in [0.1, 0.15) is 23.7 Å². The number of benzene rings is 4. The number of hydrogen-bond donors (Lipinski definition) is 1. The molecule has 0 bridgehead atoms. The van der Waals surface area contributed by atoms with Crippen LogP contribution in [0.1, 0.15) is 16.7 Å². The van der Waals surface area contributed by atoms with Crippen molar-refractivity contribution in [1.29, 1.82) is 0 Å². The van der Waals surface area contributed by atoms with E-state index in [0.717, 1.165) is 33.2 Å². The topological polar surface area (TPSA) is 121 Å². The molecule has 0 saturated carbocycles. The first-order valence-electron chi connectivity index (χ1n) is 16.0. The zero-order chi connectivity index (χ0) is 34.5. The van der Waals surface area contributed by atoms with E-state index in [1.54, 1.807) is 41.1 Å². The lowest BCUT2D eigenvalue weighted by molar-refractivity contribution is -0.157. The first-order chi connectivity index (χ1) is 23.7. The molecule has 2 fully saturated rings. The lowest BCUT2D eigenvalue weighted by Gasteiger charge is -2.46. The van der Waals surface area contributed by atoms with Crippen LogP contribution < -0.4 is 14.8 Å². The molecule has 2 aliphatic rings. The van der Waals surface area contributed by atoms with Crippen molar-refractivity contribution in [2.24, 2.45) is 0 Å². The molecule has 6 rings (SSSR count). The van der Waals surface area contributed by atoms with Gasteiger partial charge in [-0.25, -0.2) is 9.59 Å². The number of nitrogens with zero attached hydrogens (tertiary/aromatic N) is 4. The number of esters is 1. The summed E-state index contributed by atoms with van der Waals surface area (Å²) >= 11 is 0. The van der Waals surface area contributed by atoms with Crippen LogP contribution in [-0.4, -0.2) is 96.8 Å². The summed E-state index contributed by atoms with van der Waals surface area (Å²) in [5, 5.41) is 8.22. The molecule has 0 spiro atoms. The maximum absolute atomic E-state index is 14.3. The standard InChI is InChI=1S/C37H39N5O7/c1-39(37(46)38-20-26-13-15-29(47-2)16-14-26)41-23-34(43)42-32(19-25-11-17-30(18-12-25)49-24-35(44)48-3)36(45)40(22-33(41)42)21-28-9-6-8-27-7-4-5-10-31(27)28/h4-18,32-33H,19-24H2,1-3H3,(H,38,46)/t32-,33+/m0/s1. The molecule has 1 N–H and O–H groups in total. The normalized spacial score (nSPS) is 17.5. The Hall–Kier alpha value is -5.62. The van der Waals surface area contributed by atoms with Crippen LogP contribution in [-0.2, 0) is 38.6 Å². The van der Waals surface area contributed by atoms with Gasteiger partial charge in [0.05, 0.1) is 27.3 Å². The molecular weight excluding hydrogens is 626 g/mol. The molecule has 0 unspecified atom stereocenters. The Kier molecular flexibility index (Phi) is 9.95. The second-order valence-electron chi connectivity index (χ2n) is 12.0. The Balaban J connectivity index is 1.24. The molecular formula is C37H39N5O7. The number of rotatable bonds is 11. The number of urea groups is 1. The molecule has 49 heavy (non-hydrogen) atoms. The largest absolute Gasteiger partial charge is 0.497 e. The van der Waals surface area contributed by atoms with Gasteiger partial charge in [0, 0.05) is 26.6 Å². The van der Waals surface area contributed by atoms with Crippen LogP contribution in [0.5, 0.6) is 11.5 Å². The number of amides is 4. The van der Waals surface area contributed by atoms with Crippen LogP contribution in [0, 0.1) is 0 Å². The molecule has 254 valence electrons. The summed E-state index contributed by atoms with van der Waals surface area (Å²) < 4.78 is 15.3. The molecule has 2 saturated heterocycles. The van der Waals surface area contributed by atoms with Gasteiger partial charge in [0.2, 0.25) is 11.8 Å². The number of carbonyl (C=O) groups is 4. The molecule has 0 aromatic heterocycles. The van der Waals surface area contributed by atoms with Crippen molar-refractivity contribution in [3.63, 3.8) is 0 Å². The van der Waals surface area contributed by atoms with Crippen molar-refractivity contribution in [3.8, 4) is 11.5 Å². The minimum Gasteiger partial charge on any atom is -0.497 e.